The first-order chi connectivity index (χ1) is 8.78. The van der Waals surface area contributed by atoms with Gasteiger partial charge >= 0.3 is 0 Å². The van der Waals surface area contributed by atoms with E-state index >= 15 is 0 Å². The predicted molar refractivity (Wildman–Crippen MR) is 91.5 cm³/mol. The zero-order valence-electron chi connectivity index (χ0n) is 13.6. The van der Waals surface area contributed by atoms with E-state index in [9.17, 15) is 0 Å². The van der Waals surface area contributed by atoms with Gasteiger partial charge in [-0.15, -0.1) is 0 Å². The topological polar surface area (TPSA) is 70.0 Å². The molecular formula is C18H30N2. The van der Waals surface area contributed by atoms with E-state index in [1.807, 2.05) is 0 Å². The number of hydrogen-bond acceptors (Lipinski definition) is 2. The standard InChI is InChI=1S/C18H24.2H3N/c1-5-13-14(6-2)16(8-4)18-12-10-9-11-17(18)15(13)7-3;;/h9-12H,5-8H2,1-4H3;2*1H3. The summed E-state index contributed by atoms with van der Waals surface area (Å²) < 4.78 is 0. The van der Waals surface area contributed by atoms with E-state index in [4.69, 9.17) is 0 Å². The summed E-state index contributed by atoms with van der Waals surface area (Å²) in [6, 6.07) is 8.94. The van der Waals surface area contributed by atoms with Crippen LogP contribution in [-0.4, -0.2) is 0 Å². The second kappa shape index (κ2) is 8.03. The van der Waals surface area contributed by atoms with Gasteiger partial charge in [0.2, 0.25) is 0 Å². The molecule has 0 unspecified atom stereocenters. The van der Waals surface area contributed by atoms with Crippen LogP contribution in [0.15, 0.2) is 24.3 Å². The van der Waals surface area contributed by atoms with Crippen molar-refractivity contribution in [1.82, 2.24) is 12.3 Å². The molecule has 6 N–H and O–H groups in total. The average molecular weight is 274 g/mol. The first kappa shape index (κ1) is 18.6. The molecule has 0 bridgehead atoms. The molecule has 0 aromatic heterocycles. The van der Waals surface area contributed by atoms with Gasteiger partial charge < -0.3 is 12.3 Å². The van der Waals surface area contributed by atoms with Crippen molar-refractivity contribution in [3.05, 3.63) is 46.5 Å². The van der Waals surface area contributed by atoms with Crippen molar-refractivity contribution >= 4 is 10.8 Å². The van der Waals surface area contributed by atoms with Gasteiger partial charge in [0.1, 0.15) is 0 Å². The van der Waals surface area contributed by atoms with E-state index < -0.39 is 0 Å². The molecule has 0 saturated carbocycles. The third kappa shape index (κ3) is 2.87. The van der Waals surface area contributed by atoms with Gasteiger partial charge in [0.05, 0.1) is 0 Å². The maximum atomic E-state index is 2.30. The average Bonchev–Trinajstić information content (AvgIpc) is 2.44. The Balaban J connectivity index is 0.00000180. The molecule has 2 aromatic rings. The number of aryl methyl sites for hydroxylation is 2. The van der Waals surface area contributed by atoms with Crippen LogP contribution in [0.3, 0.4) is 0 Å². The van der Waals surface area contributed by atoms with Crippen LogP contribution >= 0.6 is 0 Å². The fraction of sp³-hybridized carbons (Fsp3) is 0.444. The Hall–Kier alpha value is -1.38. The van der Waals surface area contributed by atoms with E-state index in [0.29, 0.717) is 0 Å². The first-order valence-corrected chi connectivity index (χ1v) is 7.32. The van der Waals surface area contributed by atoms with Gasteiger partial charge in [-0.1, -0.05) is 52.0 Å². The Labute approximate surface area is 123 Å². The van der Waals surface area contributed by atoms with Gasteiger partial charge in [0, 0.05) is 0 Å². The smallest absolute Gasteiger partial charge is 0.0146 e. The molecule has 2 heteroatoms. The molecule has 0 heterocycles. The third-order valence-corrected chi connectivity index (χ3v) is 4.08. The van der Waals surface area contributed by atoms with Crippen molar-refractivity contribution in [2.24, 2.45) is 0 Å². The van der Waals surface area contributed by atoms with Crippen molar-refractivity contribution < 1.29 is 0 Å². The highest BCUT2D eigenvalue weighted by molar-refractivity contribution is 5.91. The Morgan fingerprint density at radius 3 is 1.10 bits per heavy atom. The van der Waals surface area contributed by atoms with Gasteiger partial charge in [-0.2, -0.15) is 0 Å². The minimum absolute atomic E-state index is 0. The van der Waals surface area contributed by atoms with Crippen molar-refractivity contribution in [3.8, 4) is 0 Å². The molecule has 2 nitrogen and oxygen atoms in total. The van der Waals surface area contributed by atoms with Gasteiger partial charge in [-0.05, 0) is 58.7 Å². The molecule has 0 fully saturated rings. The lowest BCUT2D eigenvalue weighted by Crippen LogP contribution is -2.04. The predicted octanol–water partition coefficient (Wildman–Crippen LogP) is 5.41. The SMILES string of the molecule is CCc1c(CC)c(CC)c2ccccc2c1CC.N.N. The van der Waals surface area contributed by atoms with E-state index in [1.54, 1.807) is 22.3 Å². The van der Waals surface area contributed by atoms with Crippen molar-refractivity contribution in [3.63, 3.8) is 0 Å². The highest BCUT2D eigenvalue weighted by atomic mass is 14.2. The molecule has 112 valence electrons. The molecule has 2 rings (SSSR count). The van der Waals surface area contributed by atoms with Crippen LogP contribution in [0.25, 0.3) is 10.8 Å². The van der Waals surface area contributed by atoms with Crippen molar-refractivity contribution in [2.75, 3.05) is 0 Å². The lowest BCUT2D eigenvalue weighted by atomic mass is 9.85. The quantitative estimate of drug-likeness (QED) is 0.782. The number of benzene rings is 2. The summed E-state index contributed by atoms with van der Waals surface area (Å²) >= 11 is 0. The Morgan fingerprint density at radius 1 is 0.550 bits per heavy atom. The monoisotopic (exact) mass is 274 g/mol. The maximum Gasteiger partial charge on any atom is -0.0146 e. The van der Waals surface area contributed by atoms with E-state index in [1.165, 1.54) is 10.8 Å². The van der Waals surface area contributed by atoms with Crippen LogP contribution in [0, 0.1) is 0 Å². The Morgan fingerprint density at radius 2 is 0.850 bits per heavy atom. The molecule has 0 saturated heterocycles. The summed E-state index contributed by atoms with van der Waals surface area (Å²) in [6.45, 7) is 9.15. The van der Waals surface area contributed by atoms with Crippen LogP contribution < -0.4 is 12.3 Å². The van der Waals surface area contributed by atoms with E-state index in [-0.39, 0.29) is 12.3 Å². The molecule has 20 heavy (non-hydrogen) atoms. The second-order valence-corrected chi connectivity index (χ2v) is 4.87. The van der Waals surface area contributed by atoms with Crippen LogP contribution in [0.1, 0.15) is 49.9 Å². The summed E-state index contributed by atoms with van der Waals surface area (Å²) in [5, 5.41) is 2.96. The van der Waals surface area contributed by atoms with Crippen LogP contribution in [-0.2, 0) is 25.7 Å². The van der Waals surface area contributed by atoms with Gasteiger partial charge in [-0.3, -0.25) is 0 Å². The highest BCUT2D eigenvalue weighted by Gasteiger charge is 2.14. The summed E-state index contributed by atoms with van der Waals surface area (Å²) in [4.78, 5) is 0. The molecule has 0 amide bonds. The van der Waals surface area contributed by atoms with Gasteiger partial charge in [0.15, 0.2) is 0 Å². The summed E-state index contributed by atoms with van der Waals surface area (Å²) in [5.74, 6) is 0. The van der Waals surface area contributed by atoms with Crippen LogP contribution in [0.2, 0.25) is 0 Å². The molecule has 0 aliphatic carbocycles. The summed E-state index contributed by atoms with van der Waals surface area (Å²) in [6.07, 6.45) is 4.59. The molecule has 0 aliphatic rings. The fourth-order valence-corrected chi connectivity index (χ4v) is 3.36. The minimum atomic E-state index is 0. The highest BCUT2D eigenvalue weighted by Crippen LogP contribution is 2.32. The molecule has 0 aliphatic heterocycles. The zero-order chi connectivity index (χ0) is 13.1. The lowest BCUT2D eigenvalue weighted by Gasteiger charge is -2.20. The largest absolute Gasteiger partial charge is 0.344 e. The number of rotatable bonds is 4. The first-order valence-electron chi connectivity index (χ1n) is 7.32. The molecule has 0 radical (unpaired) electrons. The molecule has 0 atom stereocenters. The number of fused-ring (bicyclic) bond motifs is 1. The molecule has 2 aromatic carbocycles. The summed E-state index contributed by atoms with van der Waals surface area (Å²) in [7, 11) is 0. The lowest BCUT2D eigenvalue weighted by molar-refractivity contribution is 0.960. The maximum absolute atomic E-state index is 2.30. The summed E-state index contributed by atoms with van der Waals surface area (Å²) in [5.41, 5.74) is 6.36. The van der Waals surface area contributed by atoms with Crippen LogP contribution in [0.4, 0.5) is 0 Å². The third-order valence-electron chi connectivity index (χ3n) is 4.08. The Bertz CT molecular complexity index is 508. The van der Waals surface area contributed by atoms with Crippen molar-refractivity contribution in [1.29, 1.82) is 0 Å². The molecule has 0 spiro atoms. The molecular weight excluding hydrogens is 244 g/mol. The van der Waals surface area contributed by atoms with Crippen molar-refractivity contribution in [2.45, 2.75) is 53.4 Å². The second-order valence-electron chi connectivity index (χ2n) is 4.87. The van der Waals surface area contributed by atoms with Gasteiger partial charge in [0.25, 0.3) is 0 Å². The fourth-order valence-electron chi connectivity index (χ4n) is 3.36. The Kier molecular flexibility index (Phi) is 7.48. The normalized spacial score (nSPS) is 10.0. The number of hydrogen-bond donors (Lipinski definition) is 2. The van der Waals surface area contributed by atoms with E-state index in [2.05, 4.69) is 52.0 Å². The van der Waals surface area contributed by atoms with Crippen LogP contribution in [0.5, 0.6) is 0 Å². The van der Waals surface area contributed by atoms with E-state index in [0.717, 1.165) is 25.7 Å². The zero-order valence-corrected chi connectivity index (χ0v) is 13.6. The van der Waals surface area contributed by atoms with Gasteiger partial charge in [-0.25, -0.2) is 0 Å². The minimum Gasteiger partial charge on any atom is -0.344 e.